The highest BCUT2D eigenvalue weighted by Crippen LogP contribution is 2.43. The molecule has 1 aromatic heterocycles. The summed E-state index contributed by atoms with van der Waals surface area (Å²) < 4.78 is 38.8. The number of aliphatic hydroxyl groups is 1. The Labute approximate surface area is 319 Å². The van der Waals surface area contributed by atoms with Gasteiger partial charge in [0.2, 0.25) is 0 Å². The summed E-state index contributed by atoms with van der Waals surface area (Å²) in [5.41, 5.74) is 3.41. The molecular weight excluding hydrogens is 701 g/mol. The van der Waals surface area contributed by atoms with Crippen LogP contribution in [0.25, 0.3) is 0 Å². The Kier molecular flexibility index (Phi) is 10.7. The fourth-order valence-corrected chi connectivity index (χ4v) is 8.03. The number of methoxy groups -OCH3 is 2. The van der Waals surface area contributed by atoms with Crippen molar-refractivity contribution in [3.63, 3.8) is 0 Å². The molecule has 3 saturated heterocycles. The van der Waals surface area contributed by atoms with Crippen LogP contribution in [0.2, 0.25) is 0 Å². The van der Waals surface area contributed by atoms with E-state index in [9.17, 15) is 14.7 Å². The maximum atomic E-state index is 12.8. The second-order valence-corrected chi connectivity index (χ2v) is 14.1. The first kappa shape index (κ1) is 36.9. The molecule has 0 aliphatic carbocycles. The van der Waals surface area contributed by atoms with Crippen LogP contribution in [0.15, 0.2) is 119 Å². The minimum atomic E-state index is -1.02. The maximum Gasteiger partial charge on any atom is 0.495 e. The molecule has 0 saturated carbocycles. The number of ether oxygens (including phenoxy) is 4. The van der Waals surface area contributed by atoms with E-state index >= 15 is 0 Å². The summed E-state index contributed by atoms with van der Waals surface area (Å²) in [5, 5.41) is 10.3. The second kappa shape index (κ2) is 16.0. The van der Waals surface area contributed by atoms with Gasteiger partial charge in [0.15, 0.2) is 6.23 Å². The maximum absolute atomic E-state index is 12.8. The van der Waals surface area contributed by atoms with E-state index in [2.05, 4.69) is 40.2 Å². The molecule has 13 heteroatoms. The molecule has 55 heavy (non-hydrogen) atoms. The van der Waals surface area contributed by atoms with Gasteiger partial charge in [-0.05, 0) is 83.5 Å². The van der Waals surface area contributed by atoms with Gasteiger partial charge in [0.25, 0.3) is 5.56 Å². The van der Waals surface area contributed by atoms with Gasteiger partial charge in [-0.2, -0.15) is 0 Å². The molecule has 8 rings (SSSR count). The van der Waals surface area contributed by atoms with E-state index in [4.69, 9.17) is 28.3 Å². The van der Waals surface area contributed by atoms with E-state index in [0.717, 1.165) is 70.7 Å². The van der Waals surface area contributed by atoms with Crippen LogP contribution in [-0.2, 0) is 37.5 Å². The number of aromatic amines is 1. The number of nitrogens with zero attached hydrogens (tertiary/aromatic N) is 2. The number of likely N-dealkylation sites (tertiary alicyclic amines) is 1. The van der Waals surface area contributed by atoms with Crippen molar-refractivity contribution in [3.8, 4) is 11.5 Å². The third kappa shape index (κ3) is 7.27. The van der Waals surface area contributed by atoms with E-state index in [0.29, 0.717) is 6.54 Å². The molecule has 0 spiro atoms. The number of rotatable bonds is 13. The molecule has 4 atom stereocenters. The molecule has 4 heterocycles. The Bertz CT molecular complexity index is 2140. The first-order valence-electron chi connectivity index (χ1n) is 18.6. The van der Waals surface area contributed by atoms with Gasteiger partial charge in [-0.15, -0.1) is 0 Å². The topological polar surface area (TPSA) is 134 Å². The van der Waals surface area contributed by atoms with Crippen LogP contribution in [0.1, 0.15) is 46.9 Å². The molecule has 0 amide bonds. The fourth-order valence-electron chi connectivity index (χ4n) is 8.03. The lowest BCUT2D eigenvalue weighted by Crippen LogP contribution is -2.41. The van der Waals surface area contributed by atoms with Gasteiger partial charge in [-0.3, -0.25) is 19.2 Å². The van der Waals surface area contributed by atoms with Crippen LogP contribution in [0.5, 0.6) is 11.5 Å². The van der Waals surface area contributed by atoms with Gasteiger partial charge in [-0.1, -0.05) is 72.8 Å². The van der Waals surface area contributed by atoms with Crippen molar-refractivity contribution < 1.29 is 33.4 Å². The predicted molar refractivity (Wildman–Crippen MR) is 206 cm³/mol. The Hall–Kier alpha value is -5.02. The summed E-state index contributed by atoms with van der Waals surface area (Å²) in [7, 11) is 2.49. The molecule has 5 aromatic rings. The quantitative estimate of drug-likeness (QED) is 0.136. The molecule has 284 valence electrons. The number of aliphatic hydroxyl groups excluding tert-OH is 1. The van der Waals surface area contributed by atoms with Crippen LogP contribution in [0.3, 0.4) is 0 Å². The van der Waals surface area contributed by atoms with Crippen LogP contribution in [0, 0.1) is 0 Å². The molecule has 0 radical (unpaired) electrons. The van der Waals surface area contributed by atoms with Crippen LogP contribution in [0.4, 0.5) is 0 Å². The molecule has 12 nitrogen and oxygen atoms in total. The molecule has 0 unspecified atom stereocenters. The molecule has 3 aliphatic rings. The van der Waals surface area contributed by atoms with E-state index in [1.54, 1.807) is 14.2 Å². The first-order chi connectivity index (χ1) is 26.9. The highest BCUT2D eigenvalue weighted by Gasteiger charge is 2.55. The largest absolute Gasteiger partial charge is 0.497 e. The number of nitrogens with one attached hydrogen (secondary N) is 1. The lowest BCUT2D eigenvalue weighted by molar-refractivity contribution is -0.0606. The zero-order chi connectivity index (χ0) is 37.9. The number of aromatic nitrogens is 2. The van der Waals surface area contributed by atoms with E-state index in [1.165, 1.54) is 16.8 Å². The van der Waals surface area contributed by atoms with E-state index < -0.39 is 48.5 Å². The number of hydrogen-bond donors (Lipinski definition) is 2. The predicted octanol–water partition coefficient (Wildman–Crippen LogP) is 3.73. The summed E-state index contributed by atoms with van der Waals surface area (Å²) in [5.74, 6) is 1.48. The normalized spacial score (nSPS) is 21.2. The summed E-state index contributed by atoms with van der Waals surface area (Å²) in [6.07, 6.45) is 0.630. The Balaban J connectivity index is 1.17. The lowest BCUT2D eigenvalue weighted by atomic mass is 9.75. The third-order valence-electron chi connectivity index (χ3n) is 10.8. The molecule has 2 N–H and O–H groups in total. The Morgan fingerprint density at radius 3 is 2.07 bits per heavy atom. The summed E-state index contributed by atoms with van der Waals surface area (Å²) in [6.45, 7) is 2.61. The van der Waals surface area contributed by atoms with Gasteiger partial charge in [0, 0.05) is 18.8 Å². The SMILES string of the molecule is COc1ccc(C(OCc2ccc(CN3CCCC3)c(B3O[C@@H]4[C@H](O3)[C@@H](CO)O[C@H]4n3ccc(=O)[nH]c3=O)c2)(c2ccccc2)c2ccc(OC)cc2)cc1. The molecule has 3 aliphatic heterocycles. The fraction of sp³-hybridized carbons (Fsp3) is 0.333. The highest BCUT2D eigenvalue weighted by molar-refractivity contribution is 6.62. The van der Waals surface area contributed by atoms with Crippen molar-refractivity contribution in [2.75, 3.05) is 33.9 Å². The monoisotopic (exact) mass is 745 g/mol. The average molecular weight is 746 g/mol. The molecule has 3 fully saturated rings. The molecule has 0 bridgehead atoms. The summed E-state index contributed by atoms with van der Waals surface area (Å²) in [4.78, 5) is 29.3. The van der Waals surface area contributed by atoms with Gasteiger partial charge in [-0.25, -0.2) is 4.79 Å². The van der Waals surface area contributed by atoms with Crippen molar-refractivity contribution in [2.45, 2.75) is 56.1 Å². The molecule has 4 aromatic carbocycles. The second-order valence-electron chi connectivity index (χ2n) is 14.1. The van der Waals surface area contributed by atoms with Crippen LogP contribution in [-0.4, -0.2) is 78.9 Å². The number of fused-ring (bicyclic) bond motifs is 1. The zero-order valence-electron chi connectivity index (χ0n) is 30.8. The first-order valence-corrected chi connectivity index (χ1v) is 18.6. The minimum absolute atomic E-state index is 0.224. The van der Waals surface area contributed by atoms with E-state index in [1.807, 2.05) is 66.7 Å². The van der Waals surface area contributed by atoms with Crippen LogP contribution >= 0.6 is 0 Å². The van der Waals surface area contributed by atoms with Gasteiger partial charge in [0.1, 0.15) is 35.4 Å². The van der Waals surface area contributed by atoms with Crippen LogP contribution < -0.4 is 26.2 Å². The lowest BCUT2D eigenvalue weighted by Gasteiger charge is -2.36. The average Bonchev–Trinajstić information content (AvgIpc) is 3.98. The highest BCUT2D eigenvalue weighted by atomic mass is 16.7. The van der Waals surface area contributed by atoms with Gasteiger partial charge < -0.3 is 33.4 Å². The number of benzene rings is 4. The minimum Gasteiger partial charge on any atom is -0.497 e. The number of H-pyrrole nitrogens is 1. The third-order valence-corrected chi connectivity index (χ3v) is 10.8. The van der Waals surface area contributed by atoms with E-state index in [-0.39, 0.29) is 13.2 Å². The van der Waals surface area contributed by atoms with Crippen molar-refractivity contribution in [1.82, 2.24) is 14.5 Å². The van der Waals surface area contributed by atoms with Gasteiger partial charge >= 0.3 is 12.8 Å². The van der Waals surface area contributed by atoms with Crippen molar-refractivity contribution in [2.24, 2.45) is 0 Å². The summed E-state index contributed by atoms with van der Waals surface area (Å²) in [6, 6.07) is 33.6. The van der Waals surface area contributed by atoms with Crippen molar-refractivity contribution in [1.29, 1.82) is 0 Å². The number of hydrogen-bond acceptors (Lipinski definition) is 10. The summed E-state index contributed by atoms with van der Waals surface area (Å²) >= 11 is 0. The van der Waals surface area contributed by atoms with Crippen molar-refractivity contribution >= 4 is 12.6 Å². The standard InChI is InChI=1S/C42H44BN3O9/c1-50-33-16-12-31(13-17-33)42(30-8-4-3-5-9-30,32-14-18-34(51-2)19-15-32)52-27-28-10-11-29(25-45-21-6-7-22-45)35(24-28)43-54-38-36(26-47)53-40(39(38)55-43)46-23-20-37(48)44-41(46)49/h3-5,8-20,23-24,36,38-40,47H,6-7,21-22,25-27H2,1-2H3,(H,44,48,49)/t36-,38-,39-,40-/m1/s1. The Morgan fingerprint density at radius 1 is 0.818 bits per heavy atom. The smallest absolute Gasteiger partial charge is 0.495 e. The zero-order valence-corrected chi connectivity index (χ0v) is 30.8. The Morgan fingerprint density at radius 2 is 1.45 bits per heavy atom. The molecular formula is C42H44BN3O9. The van der Waals surface area contributed by atoms with Crippen molar-refractivity contribution in [3.05, 3.63) is 158 Å². The van der Waals surface area contributed by atoms with Gasteiger partial charge in [0.05, 0.1) is 27.4 Å².